The SMILES string of the molecule is Cc1ccc(C2Oc3ccccc3C(=O)N2C(=O)c2ccc(Cl)cc2)cc1. The Morgan fingerprint density at radius 1 is 0.963 bits per heavy atom. The predicted molar refractivity (Wildman–Crippen MR) is 103 cm³/mol. The third kappa shape index (κ3) is 3.20. The molecule has 0 aromatic heterocycles. The van der Waals surface area contributed by atoms with Crippen molar-refractivity contribution in [1.82, 2.24) is 4.90 Å². The Morgan fingerprint density at radius 3 is 2.33 bits per heavy atom. The van der Waals surface area contributed by atoms with Crippen LogP contribution in [0.4, 0.5) is 0 Å². The maximum atomic E-state index is 13.2. The van der Waals surface area contributed by atoms with E-state index in [1.54, 1.807) is 48.5 Å². The van der Waals surface area contributed by atoms with Crippen LogP contribution in [0.25, 0.3) is 0 Å². The standard InChI is InChI=1S/C22H16ClNO3/c1-14-6-8-16(9-7-14)22-24(20(25)15-10-12-17(23)13-11-15)21(26)18-4-2-3-5-19(18)27-22/h2-13,22H,1H3. The number of para-hydroxylation sites is 1. The number of rotatable bonds is 2. The number of carbonyl (C=O) groups is 2. The van der Waals surface area contributed by atoms with Crippen LogP contribution in [0.2, 0.25) is 5.02 Å². The summed E-state index contributed by atoms with van der Waals surface area (Å²) < 4.78 is 6.07. The predicted octanol–water partition coefficient (Wildman–Crippen LogP) is 5.02. The first-order valence-electron chi connectivity index (χ1n) is 8.50. The zero-order valence-corrected chi connectivity index (χ0v) is 15.3. The zero-order valence-electron chi connectivity index (χ0n) is 14.6. The number of aryl methyl sites for hydroxylation is 1. The third-order valence-corrected chi connectivity index (χ3v) is 4.73. The van der Waals surface area contributed by atoms with Gasteiger partial charge in [-0.1, -0.05) is 53.6 Å². The van der Waals surface area contributed by atoms with Gasteiger partial charge in [0.15, 0.2) is 0 Å². The summed E-state index contributed by atoms with van der Waals surface area (Å²) in [5, 5.41) is 0.521. The molecule has 1 aliphatic heterocycles. The Morgan fingerprint density at radius 2 is 1.63 bits per heavy atom. The summed E-state index contributed by atoms with van der Waals surface area (Å²) in [6.07, 6.45) is -0.837. The molecule has 0 N–H and O–H groups in total. The molecule has 134 valence electrons. The minimum atomic E-state index is -0.837. The number of hydrogen-bond acceptors (Lipinski definition) is 3. The van der Waals surface area contributed by atoms with Gasteiger partial charge >= 0.3 is 0 Å². The van der Waals surface area contributed by atoms with Crippen molar-refractivity contribution in [1.29, 1.82) is 0 Å². The van der Waals surface area contributed by atoms with E-state index in [0.717, 1.165) is 16.0 Å². The number of ether oxygens (including phenoxy) is 1. The molecule has 0 saturated carbocycles. The van der Waals surface area contributed by atoms with Gasteiger partial charge in [-0.2, -0.15) is 0 Å². The van der Waals surface area contributed by atoms with E-state index < -0.39 is 12.1 Å². The summed E-state index contributed by atoms with van der Waals surface area (Å²) in [6.45, 7) is 1.97. The van der Waals surface area contributed by atoms with Crippen LogP contribution in [0.3, 0.4) is 0 Å². The highest BCUT2D eigenvalue weighted by Gasteiger charge is 2.39. The fourth-order valence-electron chi connectivity index (χ4n) is 3.03. The molecule has 3 aromatic rings. The van der Waals surface area contributed by atoms with E-state index in [2.05, 4.69) is 0 Å². The normalized spacial score (nSPS) is 15.9. The molecule has 2 amide bonds. The second kappa shape index (κ2) is 6.89. The molecule has 1 aliphatic rings. The van der Waals surface area contributed by atoms with Crippen molar-refractivity contribution in [3.63, 3.8) is 0 Å². The topological polar surface area (TPSA) is 46.6 Å². The minimum Gasteiger partial charge on any atom is -0.465 e. The number of carbonyl (C=O) groups excluding carboxylic acids is 2. The molecule has 0 spiro atoms. The van der Waals surface area contributed by atoms with E-state index in [0.29, 0.717) is 21.9 Å². The number of halogens is 1. The Hall–Kier alpha value is -3.11. The average Bonchev–Trinajstić information content (AvgIpc) is 2.69. The summed E-state index contributed by atoms with van der Waals surface area (Å²) >= 11 is 5.92. The lowest BCUT2D eigenvalue weighted by atomic mass is 10.0. The molecule has 0 saturated heterocycles. The lowest BCUT2D eigenvalue weighted by Crippen LogP contribution is -2.45. The fourth-order valence-corrected chi connectivity index (χ4v) is 3.16. The van der Waals surface area contributed by atoms with Gasteiger partial charge in [0, 0.05) is 16.1 Å². The summed E-state index contributed by atoms with van der Waals surface area (Å²) in [4.78, 5) is 27.5. The van der Waals surface area contributed by atoms with Crippen molar-refractivity contribution >= 4 is 23.4 Å². The number of nitrogens with zero attached hydrogens (tertiary/aromatic N) is 1. The summed E-state index contributed by atoms with van der Waals surface area (Å²) in [7, 11) is 0. The number of amides is 2. The summed E-state index contributed by atoms with van der Waals surface area (Å²) in [5.74, 6) is -0.354. The molecule has 5 heteroatoms. The van der Waals surface area contributed by atoms with Crippen LogP contribution in [0.1, 0.15) is 38.1 Å². The third-order valence-electron chi connectivity index (χ3n) is 4.48. The maximum absolute atomic E-state index is 13.2. The van der Waals surface area contributed by atoms with Gasteiger partial charge in [-0.25, -0.2) is 4.90 Å². The molecule has 1 unspecified atom stereocenters. The van der Waals surface area contributed by atoms with E-state index in [9.17, 15) is 9.59 Å². The van der Waals surface area contributed by atoms with E-state index in [1.165, 1.54) is 0 Å². The Balaban J connectivity index is 1.81. The van der Waals surface area contributed by atoms with Gasteiger partial charge in [-0.05, 0) is 43.3 Å². The number of imide groups is 1. The molecular formula is C22H16ClNO3. The van der Waals surface area contributed by atoms with E-state index >= 15 is 0 Å². The largest absolute Gasteiger partial charge is 0.465 e. The van der Waals surface area contributed by atoms with Gasteiger partial charge in [0.05, 0.1) is 5.56 Å². The van der Waals surface area contributed by atoms with Crippen LogP contribution in [0.5, 0.6) is 5.75 Å². The monoisotopic (exact) mass is 377 g/mol. The van der Waals surface area contributed by atoms with Crippen molar-refractivity contribution in [3.8, 4) is 5.75 Å². The van der Waals surface area contributed by atoms with Gasteiger partial charge in [0.25, 0.3) is 11.8 Å². The lowest BCUT2D eigenvalue weighted by Gasteiger charge is -2.35. The Labute approximate surface area is 161 Å². The highest BCUT2D eigenvalue weighted by atomic mass is 35.5. The number of hydrogen-bond donors (Lipinski definition) is 0. The number of fused-ring (bicyclic) bond motifs is 1. The van der Waals surface area contributed by atoms with Crippen molar-refractivity contribution in [2.75, 3.05) is 0 Å². The Kier molecular flexibility index (Phi) is 4.42. The zero-order chi connectivity index (χ0) is 19.0. The molecule has 1 atom stereocenters. The van der Waals surface area contributed by atoms with Gasteiger partial charge in [-0.15, -0.1) is 0 Å². The highest BCUT2D eigenvalue weighted by molar-refractivity contribution is 6.30. The molecule has 0 aliphatic carbocycles. The second-order valence-electron chi connectivity index (χ2n) is 6.36. The van der Waals surface area contributed by atoms with E-state index in [-0.39, 0.29) is 5.91 Å². The molecular weight excluding hydrogens is 362 g/mol. The molecule has 27 heavy (non-hydrogen) atoms. The molecule has 0 bridgehead atoms. The molecule has 3 aromatic carbocycles. The lowest BCUT2D eigenvalue weighted by molar-refractivity contribution is 0.0107. The smallest absolute Gasteiger partial charge is 0.267 e. The molecule has 0 fully saturated rings. The van der Waals surface area contributed by atoms with Crippen molar-refractivity contribution < 1.29 is 14.3 Å². The average molecular weight is 378 g/mol. The van der Waals surface area contributed by atoms with Gasteiger partial charge < -0.3 is 4.74 Å². The van der Waals surface area contributed by atoms with Crippen molar-refractivity contribution in [2.24, 2.45) is 0 Å². The molecule has 4 rings (SSSR count). The molecule has 0 radical (unpaired) electrons. The van der Waals surface area contributed by atoms with Crippen molar-refractivity contribution in [2.45, 2.75) is 13.2 Å². The van der Waals surface area contributed by atoms with Crippen LogP contribution in [-0.2, 0) is 0 Å². The van der Waals surface area contributed by atoms with Crippen molar-refractivity contribution in [3.05, 3.63) is 100 Å². The van der Waals surface area contributed by atoms with Crippen LogP contribution >= 0.6 is 11.6 Å². The van der Waals surface area contributed by atoms with Gasteiger partial charge in [-0.3, -0.25) is 9.59 Å². The highest BCUT2D eigenvalue weighted by Crippen LogP contribution is 2.36. The van der Waals surface area contributed by atoms with Gasteiger partial charge in [0.1, 0.15) is 5.75 Å². The van der Waals surface area contributed by atoms with Crippen LogP contribution in [-0.4, -0.2) is 16.7 Å². The Bertz CT molecular complexity index is 1010. The quantitative estimate of drug-likeness (QED) is 0.589. The van der Waals surface area contributed by atoms with E-state index in [4.69, 9.17) is 16.3 Å². The fraction of sp³-hybridized carbons (Fsp3) is 0.0909. The minimum absolute atomic E-state index is 0.364. The van der Waals surface area contributed by atoms with E-state index in [1.807, 2.05) is 31.2 Å². The van der Waals surface area contributed by atoms with Crippen LogP contribution < -0.4 is 4.74 Å². The summed E-state index contributed by atoms with van der Waals surface area (Å²) in [5.41, 5.74) is 2.54. The molecule has 4 nitrogen and oxygen atoms in total. The maximum Gasteiger partial charge on any atom is 0.267 e. The van der Waals surface area contributed by atoms with Gasteiger partial charge in [0.2, 0.25) is 6.23 Å². The first kappa shape index (κ1) is 17.3. The van der Waals surface area contributed by atoms with Crippen LogP contribution in [0.15, 0.2) is 72.8 Å². The van der Waals surface area contributed by atoms with Crippen LogP contribution in [0, 0.1) is 6.92 Å². The molecule has 1 heterocycles. The first-order chi connectivity index (χ1) is 13.0. The second-order valence-corrected chi connectivity index (χ2v) is 6.80. The first-order valence-corrected chi connectivity index (χ1v) is 8.88. The summed E-state index contributed by atoms with van der Waals surface area (Å²) in [6, 6.07) is 21.0. The number of benzene rings is 3.